The van der Waals surface area contributed by atoms with Gasteiger partial charge in [-0.2, -0.15) is 4.98 Å². The van der Waals surface area contributed by atoms with Gasteiger partial charge in [0.25, 0.3) is 0 Å². The fourth-order valence-corrected chi connectivity index (χ4v) is 1.53. The van der Waals surface area contributed by atoms with Crippen molar-refractivity contribution in [2.75, 3.05) is 0 Å². The first-order chi connectivity index (χ1) is 7.61. The second-order valence-electron chi connectivity index (χ2n) is 3.34. The zero-order chi connectivity index (χ0) is 11.7. The predicted octanol–water partition coefficient (Wildman–Crippen LogP) is 1.86. The van der Waals surface area contributed by atoms with Gasteiger partial charge in [0.15, 0.2) is 11.6 Å². The molecule has 84 valence electrons. The molecule has 16 heavy (non-hydrogen) atoms. The molecule has 2 rings (SSSR count). The van der Waals surface area contributed by atoms with Crippen molar-refractivity contribution in [3.05, 3.63) is 40.8 Å². The van der Waals surface area contributed by atoms with Crippen molar-refractivity contribution in [1.82, 2.24) is 14.5 Å². The lowest BCUT2D eigenvalue weighted by Gasteiger charge is -2.02. The number of aliphatic hydroxyl groups excluding tert-OH is 1. The number of aliphatic hydroxyl groups is 1. The molecule has 2 aromatic heterocycles. The van der Waals surface area contributed by atoms with Gasteiger partial charge in [0.1, 0.15) is 0 Å². The minimum absolute atomic E-state index is 0.0201. The van der Waals surface area contributed by atoms with Crippen molar-refractivity contribution < 1.29 is 9.50 Å². The van der Waals surface area contributed by atoms with Gasteiger partial charge in [0, 0.05) is 12.4 Å². The summed E-state index contributed by atoms with van der Waals surface area (Å²) < 4.78 is 14.9. The maximum Gasteiger partial charge on any atom is 0.224 e. The molecule has 4 nitrogen and oxygen atoms in total. The van der Waals surface area contributed by atoms with E-state index in [1.54, 1.807) is 12.4 Å². The zero-order valence-corrected chi connectivity index (χ0v) is 9.24. The first-order valence-corrected chi connectivity index (χ1v) is 4.96. The number of hydrogen-bond donors (Lipinski definition) is 1. The number of rotatable bonds is 2. The van der Waals surface area contributed by atoms with Crippen LogP contribution in [0.15, 0.2) is 18.6 Å². The maximum atomic E-state index is 13.4. The molecule has 2 heterocycles. The molecule has 0 aliphatic rings. The van der Waals surface area contributed by atoms with Crippen LogP contribution in [0, 0.1) is 12.7 Å². The Hall–Kier alpha value is -1.46. The summed E-state index contributed by atoms with van der Waals surface area (Å²) in [6.45, 7) is 1.72. The molecule has 0 aliphatic heterocycles. The van der Waals surface area contributed by atoms with Gasteiger partial charge in [0.2, 0.25) is 5.28 Å². The highest BCUT2D eigenvalue weighted by Crippen LogP contribution is 2.17. The molecule has 0 radical (unpaired) electrons. The quantitative estimate of drug-likeness (QED) is 0.817. The Labute approximate surface area is 96.3 Å². The van der Waals surface area contributed by atoms with E-state index in [4.69, 9.17) is 16.7 Å². The number of aromatic nitrogens is 3. The summed E-state index contributed by atoms with van der Waals surface area (Å²) in [4.78, 5) is 7.32. The molecular weight excluding hydrogens is 233 g/mol. The molecule has 0 unspecified atom stereocenters. The molecule has 0 saturated heterocycles. The normalized spacial score (nSPS) is 10.8. The van der Waals surface area contributed by atoms with Gasteiger partial charge in [-0.05, 0) is 29.7 Å². The first kappa shape index (κ1) is 11.0. The molecule has 0 aromatic carbocycles. The van der Waals surface area contributed by atoms with Gasteiger partial charge < -0.3 is 9.67 Å². The van der Waals surface area contributed by atoms with Crippen LogP contribution in [0.2, 0.25) is 5.28 Å². The van der Waals surface area contributed by atoms with Crippen LogP contribution in [0.25, 0.3) is 5.82 Å². The second kappa shape index (κ2) is 4.19. The van der Waals surface area contributed by atoms with Gasteiger partial charge >= 0.3 is 0 Å². The van der Waals surface area contributed by atoms with Crippen molar-refractivity contribution in [2.45, 2.75) is 13.5 Å². The summed E-state index contributed by atoms with van der Waals surface area (Å²) in [6.07, 6.45) is 4.29. The zero-order valence-electron chi connectivity index (χ0n) is 8.48. The third kappa shape index (κ3) is 1.91. The smallest absolute Gasteiger partial charge is 0.224 e. The molecule has 0 bridgehead atoms. The molecule has 2 aromatic rings. The molecule has 0 atom stereocenters. The van der Waals surface area contributed by atoms with Crippen LogP contribution in [-0.4, -0.2) is 19.6 Å². The van der Waals surface area contributed by atoms with E-state index in [2.05, 4.69) is 9.97 Å². The monoisotopic (exact) mass is 241 g/mol. The third-order valence-electron chi connectivity index (χ3n) is 2.25. The average molecular weight is 242 g/mol. The predicted molar refractivity (Wildman–Crippen MR) is 57.0 cm³/mol. The van der Waals surface area contributed by atoms with Gasteiger partial charge in [-0.25, -0.2) is 9.37 Å². The minimum atomic E-state index is -0.566. The van der Waals surface area contributed by atoms with Crippen molar-refractivity contribution in [3.8, 4) is 5.82 Å². The lowest BCUT2D eigenvalue weighted by atomic mass is 10.2. The molecule has 0 spiro atoms. The Balaban J connectivity index is 2.53. The molecule has 6 heteroatoms. The highest BCUT2D eigenvalue weighted by molar-refractivity contribution is 6.28. The summed E-state index contributed by atoms with van der Waals surface area (Å²) in [5.41, 5.74) is 1.57. The SMILES string of the molecule is Cc1cn(-c2nc(Cl)ncc2F)cc1CO. The Bertz CT molecular complexity index is 527. The molecule has 0 fully saturated rings. The summed E-state index contributed by atoms with van der Waals surface area (Å²) >= 11 is 5.60. The molecular formula is C10H9ClFN3O. The van der Waals surface area contributed by atoms with E-state index in [1.165, 1.54) is 4.57 Å². The molecule has 0 saturated carbocycles. The molecule has 0 aliphatic carbocycles. The highest BCUT2D eigenvalue weighted by atomic mass is 35.5. The fraction of sp³-hybridized carbons (Fsp3) is 0.200. The van der Waals surface area contributed by atoms with Gasteiger partial charge in [0.05, 0.1) is 12.8 Å². The van der Waals surface area contributed by atoms with Crippen molar-refractivity contribution >= 4 is 11.6 Å². The van der Waals surface area contributed by atoms with E-state index in [-0.39, 0.29) is 17.7 Å². The van der Waals surface area contributed by atoms with Gasteiger partial charge in [-0.15, -0.1) is 0 Å². The van der Waals surface area contributed by atoms with E-state index >= 15 is 0 Å². The van der Waals surface area contributed by atoms with Gasteiger partial charge in [-0.3, -0.25) is 0 Å². The second-order valence-corrected chi connectivity index (χ2v) is 3.68. The minimum Gasteiger partial charge on any atom is -0.392 e. The van der Waals surface area contributed by atoms with Crippen molar-refractivity contribution in [1.29, 1.82) is 0 Å². The maximum absolute atomic E-state index is 13.4. The van der Waals surface area contributed by atoms with E-state index in [1.807, 2.05) is 6.92 Å². The average Bonchev–Trinajstić information content (AvgIpc) is 2.63. The molecule has 0 amide bonds. The Kier molecular flexibility index (Phi) is 2.89. The Morgan fingerprint density at radius 3 is 2.88 bits per heavy atom. The lowest BCUT2D eigenvalue weighted by Crippen LogP contribution is -2.00. The number of aryl methyl sites for hydroxylation is 1. The van der Waals surface area contributed by atoms with Gasteiger partial charge in [-0.1, -0.05) is 0 Å². The highest BCUT2D eigenvalue weighted by Gasteiger charge is 2.10. The van der Waals surface area contributed by atoms with Crippen LogP contribution < -0.4 is 0 Å². The summed E-state index contributed by atoms with van der Waals surface area (Å²) in [6, 6.07) is 0. The summed E-state index contributed by atoms with van der Waals surface area (Å²) in [5.74, 6) is -0.494. The first-order valence-electron chi connectivity index (χ1n) is 4.58. The standard InChI is InChI=1S/C10H9ClFN3O/c1-6-3-15(4-7(6)5-16)9-8(12)2-13-10(11)14-9/h2-4,16H,5H2,1H3. The van der Waals surface area contributed by atoms with E-state index in [9.17, 15) is 4.39 Å². The van der Waals surface area contributed by atoms with Crippen LogP contribution in [0.4, 0.5) is 4.39 Å². The number of halogens is 2. The van der Waals surface area contributed by atoms with E-state index in [0.717, 1.165) is 11.8 Å². The third-order valence-corrected chi connectivity index (χ3v) is 2.43. The summed E-state index contributed by atoms with van der Waals surface area (Å²) in [5, 5.41) is 9.02. The van der Waals surface area contributed by atoms with E-state index < -0.39 is 5.82 Å². The van der Waals surface area contributed by atoms with Crippen molar-refractivity contribution in [3.63, 3.8) is 0 Å². The van der Waals surface area contributed by atoms with E-state index in [0.29, 0.717) is 5.56 Å². The van der Waals surface area contributed by atoms with Crippen LogP contribution in [-0.2, 0) is 6.61 Å². The lowest BCUT2D eigenvalue weighted by molar-refractivity contribution is 0.281. The Morgan fingerprint density at radius 1 is 1.50 bits per heavy atom. The van der Waals surface area contributed by atoms with Crippen LogP contribution >= 0.6 is 11.6 Å². The topological polar surface area (TPSA) is 50.9 Å². The molecule has 1 N–H and O–H groups in total. The number of hydrogen-bond acceptors (Lipinski definition) is 3. The van der Waals surface area contributed by atoms with Crippen LogP contribution in [0.5, 0.6) is 0 Å². The fourth-order valence-electron chi connectivity index (χ4n) is 1.40. The van der Waals surface area contributed by atoms with Crippen molar-refractivity contribution in [2.24, 2.45) is 0 Å². The van der Waals surface area contributed by atoms with Crippen LogP contribution in [0.1, 0.15) is 11.1 Å². The largest absolute Gasteiger partial charge is 0.392 e. The summed E-state index contributed by atoms with van der Waals surface area (Å²) in [7, 11) is 0. The number of nitrogens with zero attached hydrogens (tertiary/aromatic N) is 3. The Morgan fingerprint density at radius 2 is 2.25 bits per heavy atom. The van der Waals surface area contributed by atoms with Crippen LogP contribution in [0.3, 0.4) is 0 Å².